The van der Waals surface area contributed by atoms with E-state index in [-0.39, 0.29) is 34.9 Å². The molecule has 3 heterocycles. The molecule has 5 rings (SSSR count). The Bertz CT molecular complexity index is 1500. The van der Waals surface area contributed by atoms with Crippen molar-refractivity contribution in [2.24, 2.45) is 13.0 Å². The summed E-state index contributed by atoms with van der Waals surface area (Å²) in [5.41, 5.74) is 2.04. The van der Waals surface area contributed by atoms with E-state index in [9.17, 15) is 14.4 Å². The van der Waals surface area contributed by atoms with Crippen LogP contribution < -0.4 is 20.7 Å². The van der Waals surface area contributed by atoms with Gasteiger partial charge in [-0.25, -0.2) is 0 Å². The lowest BCUT2D eigenvalue weighted by Gasteiger charge is -2.23. The fourth-order valence-electron chi connectivity index (χ4n) is 4.63. The lowest BCUT2D eigenvalue weighted by molar-refractivity contribution is -0.117. The van der Waals surface area contributed by atoms with Gasteiger partial charge in [0, 0.05) is 37.7 Å². The molecule has 204 valence electrons. The lowest BCUT2D eigenvalue weighted by atomic mass is 9.49. The molecule has 0 atom stereocenters. The summed E-state index contributed by atoms with van der Waals surface area (Å²) in [6.45, 7) is 1.45. The molecule has 1 aromatic carbocycles. The second-order valence-electron chi connectivity index (χ2n) is 10.2. The van der Waals surface area contributed by atoms with E-state index >= 15 is 0 Å². The highest BCUT2D eigenvalue weighted by molar-refractivity contribution is 6.60. The van der Waals surface area contributed by atoms with Crippen LogP contribution in [-0.2, 0) is 11.8 Å². The average molecular weight is 548 g/mol. The lowest BCUT2D eigenvalue weighted by Crippen LogP contribution is -2.50. The van der Waals surface area contributed by atoms with Crippen molar-refractivity contribution in [2.75, 3.05) is 30.8 Å². The minimum Gasteiger partial charge on any atom is -0.494 e. The third kappa shape index (κ3) is 6.39. The molecule has 1 saturated heterocycles. The molecule has 6 radical (unpaired) electrons. The van der Waals surface area contributed by atoms with E-state index < -0.39 is 11.1 Å². The number of amides is 3. The number of carbonyl (C=O) groups is 3. The summed E-state index contributed by atoms with van der Waals surface area (Å²) in [6.07, 6.45) is 3.58. The Balaban J connectivity index is 1.49. The van der Waals surface area contributed by atoms with Crippen LogP contribution in [0.25, 0.3) is 11.3 Å². The van der Waals surface area contributed by atoms with Gasteiger partial charge in [0.05, 0.1) is 47.7 Å². The smallest absolute Gasteiger partial charge is 0.272 e. The maximum absolute atomic E-state index is 13.0. The molecule has 1 saturated carbocycles. The number of hydrogen-bond donors (Lipinski definition) is 3. The molecule has 0 bridgehead atoms. The van der Waals surface area contributed by atoms with Crippen LogP contribution in [0.1, 0.15) is 46.7 Å². The van der Waals surface area contributed by atoms with Gasteiger partial charge in [-0.05, 0) is 43.9 Å². The Kier molecular flexibility index (Phi) is 7.79. The highest BCUT2D eigenvalue weighted by atomic mass is 16.5. The van der Waals surface area contributed by atoms with Gasteiger partial charge in [0.1, 0.15) is 5.69 Å². The Hall–Kier alpha value is -4.29. The molecule has 1 aliphatic heterocycles. The topological polar surface area (TPSA) is 143 Å². The Morgan fingerprint density at radius 2 is 1.78 bits per heavy atom. The van der Waals surface area contributed by atoms with Gasteiger partial charge < -0.3 is 25.6 Å². The van der Waals surface area contributed by atoms with E-state index in [1.165, 1.54) is 13.2 Å². The van der Waals surface area contributed by atoms with Gasteiger partial charge in [0.15, 0.2) is 17.3 Å². The van der Waals surface area contributed by atoms with E-state index in [1.54, 1.807) is 29.9 Å². The number of rotatable bonds is 9. The van der Waals surface area contributed by atoms with E-state index in [4.69, 9.17) is 28.3 Å². The second kappa shape index (κ2) is 11.3. The zero-order valence-corrected chi connectivity index (χ0v) is 22.8. The zero-order chi connectivity index (χ0) is 29.3. The highest BCUT2D eigenvalue weighted by Crippen LogP contribution is 2.38. The molecule has 0 unspecified atom stereocenters. The number of ether oxygens (including phenoxy) is 1. The summed E-state index contributed by atoms with van der Waals surface area (Å²) in [7, 11) is 19.9. The molecule has 15 heteroatoms. The zero-order valence-electron chi connectivity index (χ0n) is 22.8. The number of aromatic nitrogens is 4. The molecule has 3 N–H and O–H groups in total. The summed E-state index contributed by atoms with van der Waals surface area (Å²) in [4.78, 5) is 40.1. The number of aryl methyl sites for hydroxylation is 1. The number of nitrogens with one attached hydrogen (secondary N) is 3. The molecule has 3 aromatic rings. The van der Waals surface area contributed by atoms with Gasteiger partial charge >= 0.3 is 0 Å². The van der Waals surface area contributed by atoms with E-state index in [0.29, 0.717) is 28.4 Å². The van der Waals surface area contributed by atoms with Crippen molar-refractivity contribution < 1.29 is 19.1 Å². The molecule has 0 spiro atoms. The number of methoxy groups -OCH3 is 1. The van der Waals surface area contributed by atoms with Crippen LogP contribution in [0, 0.1) is 5.92 Å². The monoisotopic (exact) mass is 548 g/mol. The van der Waals surface area contributed by atoms with Crippen LogP contribution in [0.4, 0.5) is 17.2 Å². The Morgan fingerprint density at radius 3 is 2.44 bits per heavy atom. The van der Waals surface area contributed by atoms with Gasteiger partial charge in [0.2, 0.25) is 5.91 Å². The van der Waals surface area contributed by atoms with Crippen molar-refractivity contribution >= 4 is 58.5 Å². The van der Waals surface area contributed by atoms with Crippen LogP contribution in [0.5, 0.6) is 5.75 Å². The molecule has 12 nitrogen and oxygen atoms in total. The summed E-state index contributed by atoms with van der Waals surface area (Å²) >= 11 is 0. The van der Waals surface area contributed by atoms with E-state index in [0.717, 1.165) is 38.8 Å². The number of hydrogen-bond acceptors (Lipinski definition) is 8. The first-order valence-corrected chi connectivity index (χ1v) is 13.2. The highest BCUT2D eigenvalue weighted by Gasteiger charge is 2.30. The molecule has 41 heavy (non-hydrogen) atoms. The predicted molar refractivity (Wildman–Crippen MR) is 154 cm³/mol. The molecule has 1 aliphatic carbocycles. The largest absolute Gasteiger partial charge is 0.494 e. The number of likely N-dealkylation sites (tertiary alicyclic amines) is 1. The van der Waals surface area contributed by atoms with Crippen molar-refractivity contribution in [2.45, 2.75) is 30.9 Å². The van der Waals surface area contributed by atoms with Gasteiger partial charge in [-0.3, -0.25) is 19.1 Å². The number of anilines is 3. The summed E-state index contributed by atoms with van der Waals surface area (Å²) in [5, 5.41) is 18.6. The van der Waals surface area contributed by atoms with Crippen LogP contribution in [0.15, 0.2) is 30.3 Å². The third-order valence-corrected chi connectivity index (χ3v) is 6.80. The number of para-hydroxylation sites is 1. The quantitative estimate of drug-likeness (QED) is 0.337. The number of nitrogens with zero attached hydrogens (tertiary/aromatic N) is 5. The number of carbonyl (C=O) groups excluding carboxylic acids is 3. The first kappa shape index (κ1) is 28.3. The molecular formula is C26H27B3N8O4. The maximum atomic E-state index is 13.0. The first-order chi connectivity index (χ1) is 19.5. The second-order valence-corrected chi connectivity index (χ2v) is 10.2. The van der Waals surface area contributed by atoms with Crippen molar-refractivity contribution in [1.29, 1.82) is 0 Å². The Morgan fingerprint density at radius 1 is 1.05 bits per heavy atom. The van der Waals surface area contributed by atoms with Crippen LogP contribution >= 0.6 is 0 Å². The summed E-state index contributed by atoms with van der Waals surface area (Å²) < 4.78 is 7.31. The van der Waals surface area contributed by atoms with Crippen molar-refractivity contribution in [3.05, 3.63) is 41.7 Å². The molecular weight excluding hydrogens is 521 g/mol. The minimum atomic E-state index is -2.00. The van der Waals surface area contributed by atoms with E-state index in [2.05, 4.69) is 31.2 Å². The fraction of sp³-hybridized carbons (Fsp3) is 0.385. The average Bonchev–Trinajstić information content (AvgIpc) is 3.49. The fourth-order valence-corrected chi connectivity index (χ4v) is 4.63. The Labute approximate surface area is 241 Å². The van der Waals surface area contributed by atoms with Gasteiger partial charge in [-0.2, -0.15) is 5.10 Å². The SMILES string of the molecule is [B]C([B])([B])NC(=O)c1nnc(NC(=O)C2CC2)cc1Nc1cccc(-c2cc(C(=O)N3CCCC3)n(C)n2)c1OC. The van der Waals surface area contributed by atoms with Crippen molar-refractivity contribution in [1.82, 2.24) is 30.2 Å². The predicted octanol–water partition coefficient (Wildman–Crippen LogP) is 1.06. The van der Waals surface area contributed by atoms with Crippen LogP contribution in [0.3, 0.4) is 0 Å². The summed E-state index contributed by atoms with van der Waals surface area (Å²) in [6, 6.07) is 8.50. The molecule has 2 aliphatic rings. The number of benzene rings is 1. The maximum Gasteiger partial charge on any atom is 0.272 e. The first-order valence-electron chi connectivity index (χ1n) is 13.2. The van der Waals surface area contributed by atoms with Crippen LogP contribution in [0.2, 0.25) is 0 Å². The minimum absolute atomic E-state index is 0.0686. The standard InChI is InChI=1S/C26H27B3N8O4/c1-36-19(25(40)37-10-3-4-11-37)12-17(35-36)15-6-5-7-16(22(15)41-2)30-18-13-20(31-23(38)14-8-9-14)33-34-21(18)24(39)32-26(27,28)29/h5-7,12-14H,3-4,8-11H2,1-2H3,(H,32,39)(H2,30,31,33,38). The van der Waals surface area contributed by atoms with Crippen molar-refractivity contribution in [3.63, 3.8) is 0 Å². The van der Waals surface area contributed by atoms with Gasteiger partial charge in [-0.15, -0.1) is 10.2 Å². The van der Waals surface area contributed by atoms with Gasteiger partial charge in [-0.1, -0.05) is 11.3 Å². The molecule has 2 aromatic heterocycles. The van der Waals surface area contributed by atoms with E-state index in [1.807, 2.05) is 11.0 Å². The third-order valence-electron chi connectivity index (χ3n) is 6.80. The molecule has 2 fully saturated rings. The van der Waals surface area contributed by atoms with Gasteiger partial charge in [0.25, 0.3) is 11.8 Å². The summed E-state index contributed by atoms with van der Waals surface area (Å²) in [5.74, 6) is -0.583. The normalized spacial score (nSPS) is 14.9. The van der Waals surface area contributed by atoms with Crippen molar-refractivity contribution in [3.8, 4) is 17.0 Å². The van der Waals surface area contributed by atoms with Crippen LogP contribution in [-0.4, -0.2) is 91.6 Å². The molecule has 3 amide bonds.